The average molecular weight is 515 g/mol. The molecular formula is C23H23BrN4O3S. The molecule has 0 bridgehead atoms. The average Bonchev–Trinajstić information content (AvgIpc) is 3.19. The Balaban J connectivity index is 1.77. The molecule has 1 aromatic heterocycles. The predicted octanol–water partition coefficient (Wildman–Crippen LogP) is 5.19. The number of esters is 1. The van der Waals surface area contributed by atoms with E-state index in [1.54, 1.807) is 11.8 Å². The van der Waals surface area contributed by atoms with Gasteiger partial charge in [0.15, 0.2) is 0 Å². The lowest BCUT2D eigenvalue weighted by atomic mass is 9.95. The highest BCUT2D eigenvalue weighted by Gasteiger charge is 2.37. The van der Waals surface area contributed by atoms with Crippen LogP contribution in [0, 0.1) is 0 Å². The highest BCUT2D eigenvalue weighted by molar-refractivity contribution is 9.10. The summed E-state index contributed by atoms with van der Waals surface area (Å²) in [7, 11) is 1.61. The molecule has 0 fully saturated rings. The van der Waals surface area contributed by atoms with Crippen LogP contribution in [0.15, 0.2) is 69.4 Å². The van der Waals surface area contributed by atoms with Crippen LogP contribution in [-0.2, 0) is 16.1 Å². The fourth-order valence-electron chi connectivity index (χ4n) is 3.59. The van der Waals surface area contributed by atoms with Crippen LogP contribution in [0.1, 0.15) is 31.0 Å². The molecule has 0 saturated heterocycles. The van der Waals surface area contributed by atoms with Gasteiger partial charge in [-0.05, 0) is 36.4 Å². The SMILES string of the molecule is CCSc1nc2n(n1)C(c1cc(Br)ccc1OC)C(C(=O)OCc1ccccc1)=C(C)N2. The van der Waals surface area contributed by atoms with E-state index in [2.05, 4.69) is 31.3 Å². The normalized spacial score (nSPS) is 15.2. The van der Waals surface area contributed by atoms with Gasteiger partial charge in [0.1, 0.15) is 18.4 Å². The van der Waals surface area contributed by atoms with Crippen molar-refractivity contribution in [2.24, 2.45) is 0 Å². The Hall–Kier alpha value is -2.78. The number of hydrogen-bond donors (Lipinski definition) is 1. The highest BCUT2D eigenvalue weighted by atomic mass is 79.9. The van der Waals surface area contributed by atoms with Crippen molar-refractivity contribution in [3.8, 4) is 5.75 Å². The molecule has 32 heavy (non-hydrogen) atoms. The second-order valence-corrected chi connectivity index (χ2v) is 9.26. The van der Waals surface area contributed by atoms with Gasteiger partial charge in [0.05, 0.1) is 12.7 Å². The van der Waals surface area contributed by atoms with Crippen LogP contribution in [0.5, 0.6) is 5.75 Å². The van der Waals surface area contributed by atoms with Crippen molar-refractivity contribution in [2.45, 2.75) is 31.7 Å². The molecule has 0 amide bonds. The number of thioether (sulfide) groups is 1. The maximum atomic E-state index is 13.4. The largest absolute Gasteiger partial charge is 0.496 e. The zero-order valence-electron chi connectivity index (χ0n) is 18.0. The van der Waals surface area contributed by atoms with Crippen molar-refractivity contribution in [1.29, 1.82) is 0 Å². The standard InChI is InChI=1S/C23H23BrN4O3S/c1-4-32-23-26-22-25-14(2)19(21(29)31-13-15-8-6-5-7-9-15)20(28(22)27-23)17-12-16(24)10-11-18(17)30-3/h5-12,20H,4,13H2,1-3H3,(H,25,26,27). The molecule has 1 aliphatic heterocycles. The second kappa shape index (κ2) is 9.79. The number of nitrogens with one attached hydrogen (secondary N) is 1. The zero-order chi connectivity index (χ0) is 22.7. The van der Waals surface area contributed by atoms with Crippen molar-refractivity contribution in [1.82, 2.24) is 14.8 Å². The molecule has 0 aliphatic carbocycles. The fourth-order valence-corrected chi connectivity index (χ4v) is 4.53. The van der Waals surface area contributed by atoms with Crippen molar-refractivity contribution in [3.05, 3.63) is 75.4 Å². The number of halogens is 1. The summed E-state index contributed by atoms with van der Waals surface area (Å²) in [6, 6.07) is 14.7. The third-order valence-electron chi connectivity index (χ3n) is 5.03. The molecule has 7 nitrogen and oxygen atoms in total. The van der Waals surface area contributed by atoms with Gasteiger partial charge >= 0.3 is 5.97 Å². The summed E-state index contributed by atoms with van der Waals surface area (Å²) in [6.07, 6.45) is 0. The molecule has 2 heterocycles. The van der Waals surface area contributed by atoms with Crippen molar-refractivity contribution >= 4 is 39.6 Å². The maximum Gasteiger partial charge on any atom is 0.338 e. The fraction of sp³-hybridized carbons (Fsp3) is 0.261. The predicted molar refractivity (Wildman–Crippen MR) is 128 cm³/mol. The van der Waals surface area contributed by atoms with E-state index in [0.717, 1.165) is 21.4 Å². The minimum atomic E-state index is -0.555. The third kappa shape index (κ3) is 4.54. The van der Waals surface area contributed by atoms with Gasteiger partial charge < -0.3 is 14.8 Å². The molecule has 0 saturated carbocycles. The molecule has 1 unspecified atom stereocenters. The van der Waals surface area contributed by atoms with E-state index in [-0.39, 0.29) is 6.61 Å². The molecule has 0 radical (unpaired) electrons. The molecule has 3 aromatic rings. The molecule has 1 N–H and O–H groups in total. The van der Waals surface area contributed by atoms with E-state index < -0.39 is 12.0 Å². The number of carbonyl (C=O) groups excluding carboxylic acids is 1. The minimum absolute atomic E-state index is 0.180. The first-order chi connectivity index (χ1) is 15.5. The summed E-state index contributed by atoms with van der Waals surface area (Å²) in [5.74, 6) is 1.64. The lowest BCUT2D eigenvalue weighted by molar-refractivity contribution is -0.140. The van der Waals surface area contributed by atoms with Gasteiger partial charge in [-0.15, -0.1) is 5.10 Å². The number of nitrogens with zero attached hydrogens (tertiary/aromatic N) is 3. The Bertz CT molecular complexity index is 1160. The van der Waals surface area contributed by atoms with Crippen LogP contribution >= 0.6 is 27.7 Å². The van der Waals surface area contributed by atoms with Crippen molar-refractivity contribution in [2.75, 3.05) is 18.2 Å². The Morgan fingerprint density at radius 1 is 1.25 bits per heavy atom. The number of carbonyl (C=O) groups is 1. The summed E-state index contributed by atoms with van der Waals surface area (Å²) in [5, 5.41) is 8.54. The van der Waals surface area contributed by atoms with Gasteiger partial charge in [-0.25, -0.2) is 9.48 Å². The van der Waals surface area contributed by atoms with E-state index >= 15 is 0 Å². The first-order valence-corrected chi connectivity index (χ1v) is 11.9. The van der Waals surface area contributed by atoms with E-state index in [1.807, 2.05) is 62.4 Å². The summed E-state index contributed by atoms with van der Waals surface area (Å²) in [6.45, 7) is 4.07. The van der Waals surface area contributed by atoms with Crippen LogP contribution in [0.25, 0.3) is 0 Å². The van der Waals surface area contributed by atoms with Crippen molar-refractivity contribution in [3.63, 3.8) is 0 Å². The molecule has 0 spiro atoms. The van der Waals surface area contributed by atoms with Crippen LogP contribution in [0.3, 0.4) is 0 Å². The maximum absolute atomic E-state index is 13.4. The number of ether oxygens (including phenoxy) is 2. The number of anilines is 1. The van der Waals surface area contributed by atoms with E-state index in [4.69, 9.17) is 9.47 Å². The number of fused-ring (bicyclic) bond motifs is 1. The molecule has 2 aromatic carbocycles. The van der Waals surface area contributed by atoms with Gasteiger partial charge in [-0.3, -0.25) is 0 Å². The van der Waals surface area contributed by atoms with Crippen LogP contribution < -0.4 is 10.1 Å². The van der Waals surface area contributed by atoms with Crippen LogP contribution in [0.4, 0.5) is 5.95 Å². The Labute approximate surface area is 199 Å². The van der Waals surface area contributed by atoms with Crippen molar-refractivity contribution < 1.29 is 14.3 Å². The first-order valence-electron chi connectivity index (χ1n) is 10.1. The molecular weight excluding hydrogens is 492 g/mol. The Kier molecular flexibility index (Phi) is 6.86. The van der Waals surface area contributed by atoms with Gasteiger partial charge in [-0.1, -0.05) is 64.9 Å². The van der Waals surface area contributed by atoms with Gasteiger partial charge in [0.25, 0.3) is 0 Å². The highest BCUT2D eigenvalue weighted by Crippen LogP contribution is 2.41. The summed E-state index contributed by atoms with van der Waals surface area (Å²) < 4.78 is 13.9. The first kappa shape index (κ1) is 22.4. The number of aromatic nitrogens is 3. The lowest BCUT2D eigenvalue weighted by Crippen LogP contribution is -2.30. The molecule has 4 rings (SSSR count). The molecule has 1 atom stereocenters. The van der Waals surface area contributed by atoms with Gasteiger partial charge in [0, 0.05) is 15.7 Å². The van der Waals surface area contributed by atoms with E-state index in [9.17, 15) is 4.79 Å². The molecule has 1 aliphatic rings. The molecule has 166 valence electrons. The van der Waals surface area contributed by atoms with Gasteiger partial charge in [0.2, 0.25) is 11.1 Å². The minimum Gasteiger partial charge on any atom is -0.496 e. The monoisotopic (exact) mass is 514 g/mol. The summed E-state index contributed by atoms with van der Waals surface area (Å²) in [4.78, 5) is 17.9. The lowest BCUT2D eigenvalue weighted by Gasteiger charge is -2.29. The van der Waals surface area contributed by atoms with Gasteiger partial charge in [-0.2, -0.15) is 4.98 Å². The van der Waals surface area contributed by atoms with E-state index in [1.165, 1.54) is 11.8 Å². The number of rotatable bonds is 7. The Morgan fingerprint density at radius 2 is 2.03 bits per heavy atom. The number of allylic oxidation sites excluding steroid dienone is 1. The Morgan fingerprint density at radius 3 is 2.75 bits per heavy atom. The quantitative estimate of drug-likeness (QED) is 0.343. The number of methoxy groups -OCH3 is 1. The number of hydrogen-bond acceptors (Lipinski definition) is 7. The molecule has 9 heteroatoms. The third-order valence-corrected chi connectivity index (χ3v) is 6.24. The number of benzene rings is 2. The van der Waals surface area contributed by atoms with Crippen LogP contribution in [0.2, 0.25) is 0 Å². The van der Waals surface area contributed by atoms with Crippen LogP contribution in [-0.4, -0.2) is 33.6 Å². The zero-order valence-corrected chi connectivity index (χ0v) is 20.4. The van der Waals surface area contributed by atoms with E-state index in [0.29, 0.717) is 28.1 Å². The second-order valence-electron chi connectivity index (χ2n) is 7.11. The topological polar surface area (TPSA) is 78.3 Å². The smallest absolute Gasteiger partial charge is 0.338 e. The summed E-state index contributed by atoms with van der Waals surface area (Å²) in [5.41, 5.74) is 2.84. The summed E-state index contributed by atoms with van der Waals surface area (Å²) >= 11 is 5.08.